The van der Waals surface area contributed by atoms with E-state index in [-0.39, 0.29) is 23.4 Å². The van der Waals surface area contributed by atoms with Crippen molar-refractivity contribution in [1.82, 2.24) is 9.80 Å². The number of carboxylic acid groups (broad SMARTS) is 1. The summed E-state index contributed by atoms with van der Waals surface area (Å²) in [5.41, 5.74) is 0.681. The maximum atomic E-state index is 13.9. The van der Waals surface area contributed by atoms with Crippen molar-refractivity contribution in [3.63, 3.8) is 0 Å². The number of hydrogen-bond acceptors (Lipinski definition) is 5. The van der Waals surface area contributed by atoms with Gasteiger partial charge in [0.1, 0.15) is 23.3 Å². The fourth-order valence-electron chi connectivity index (χ4n) is 5.04. The molecule has 1 atom stereocenters. The van der Waals surface area contributed by atoms with Crippen LogP contribution in [0.25, 0.3) is 0 Å². The third kappa shape index (κ3) is 3.69. The van der Waals surface area contributed by atoms with E-state index in [4.69, 9.17) is 19.3 Å². The van der Waals surface area contributed by atoms with Crippen molar-refractivity contribution in [2.45, 2.75) is 42.9 Å². The van der Waals surface area contributed by atoms with Gasteiger partial charge in [-0.1, -0.05) is 0 Å². The Morgan fingerprint density at radius 2 is 1.97 bits per heavy atom. The smallest absolute Gasteiger partial charge is 0.407 e. The predicted octanol–water partition coefficient (Wildman–Crippen LogP) is 2.30. The van der Waals surface area contributed by atoms with Crippen LogP contribution < -0.4 is 4.74 Å². The van der Waals surface area contributed by atoms with Crippen LogP contribution in [0.5, 0.6) is 5.75 Å². The van der Waals surface area contributed by atoms with E-state index in [9.17, 15) is 9.18 Å². The zero-order chi connectivity index (χ0) is 20.0. The minimum Gasteiger partial charge on any atom is -0.485 e. The molecule has 4 fully saturated rings. The molecule has 0 aliphatic carbocycles. The average Bonchev–Trinajstić information content (AvgIpc) is 3.10. The highest BCUT2D eigenvalue weighted by atomic mass is 19.1. The van der Waals surface area contributed by atoms with Crippen LogP contribution >= 0.6 is 0 Å². The summed E-state index contributed by atoms with van der Waals surface area (Å²) in [5, 5.41) is 9.06. The number of piperidine rings is 1. The van der Waals surface area contributed by atoms with Gasteiger partial charge in [0.25, 0.3) is 0 Å². The summed E-state index contributed by atoms with van der Waals surface area (Å²) in [6, 6.07) is 5.16. The summed E-state index contributed by atoms with van der Waals surface area (Å²) in [6.07, 6.45) is 1.98. The van der Waals surface area contributed by atoms with E-state index in [0.717, 1.165) is 43.7 Å². The summed E-state index contributed by atoms with van der Waals surface area (Å²) in [5.74, 6) is 0.837. The Balaban J connectivity index is 1.18. The average molecular weight is 406 g/mol. The monoisotopic (exact) mass is 406 g/mol. The van der Waals surface area contributed by atoms with Gasteiger partial charge in [-0.25, -0.2) is 9.18 Å². The van der Waals surface area contributed by atoms with Crippen molar-refractivity contribution in [1.29, 1.82) is 0 Å². The molecule has 1 aromatic carbocycles. The topological polar surface area (TPSA) is 71.5 Å². The summed E-state index contributed by atoms with van der Waals surface area (Å²) in [4.78, 5) is 14.9. The third-order valence-corrected chi connectivity index (χ3v) is 6.78. The van der Waals surface area contributed by atoms with E-state index < -0.39 is 6.09 Å². The SMILES string of the molecule is O=C(O)N1CC2(C[C@H](N3CCC(c4cc(F)ccc4OC4COC4)CC3)CO2)C1. The van der Waals surface area contributed by atoms with E-state index in [1.165, 1.54) is 11.0 Å². The Morgan fingerprint density at radius 1 is 1.21 bits per heavy atom. The molecule has 0 saturated carbocycles. The van der Waals surface area contributed by atoms with Crippen molar-refractivity contribution in [3.05, 3.63) is 29.6 Å². The fourth-order valence-corrected chi connectivity index (χ4v) is 5.04. The molecule has 1 spiro atoms. The number of nitrogens with zero attached hydrogens (tertiary/aromatic N) is 2. The van der Waals surface area contributed by atoms with Crippen molar-refractivity contribution in [3.8, 4) is 5.75 Å². The normalized spacial score (nSPS) is 27.6. The van der Waals surface area contributed by atoms with Gasteiger partial charge in [0.05, 0.1) is 32.9 Å². The fraction of sp³-hybridized carbons (Fsp3) is 0.667. The van der Waals surface area contributed by atoms with Crippen molar-refractivity contribution in [2.75, 3.05) is 46.0 Å². The van der Waals surface area contributed by atoms with E-state index in [0.29, 0.717) is 39.0 Å². The van der Waals surface area contributed by atoms with Crippen LogP contribution in [0.15, 0.2) is 18.2 Å². The number of carbonyl (C=O) groups is 1. The Kier molecular flexibility index (Phi) is 4.88. The number of ether oxygens (including phenoxy) is 3. The zero-order valence-corrected chi connectivity index (χ0v) is 16.4. The van der Waals surface area contributed by atoms with Gasteiger partial charge in [0, 0.05) is 11.6 Å². The maximum absolute atomic E-state index is 13.9. The highest BCUT2D eigenvalue weighted by Gasteiger charge is 2.52. The van der Waals surface area contributed by atoms with E-state index >= 15 is 0 Å². The lowest BCUT2D eigenvalue weighted by Crippen LogP contribution is -2.63. The van der Waals surface area contributed by atoms with Crippen LogP contribution in [-0.4, -0.2) is 84.7 Å². The molecular formula is C21H27FN2O5. The van der Waals surface area contributed by atoms with Crippen molar-refractivity contribution >= 4 is 6.09 Å². The molecule has 4 aliphatic heterocycles. The minimum absolute atomic E-state index is 0.0685. The van der Waals surface area contributed by atoms with Crippen LogP contribution in [-0.2, 0) is 9.47 Å². The van der Waals surface area contributed by atoms with Gasteiger partial charge in [-0.15, -0.1) is 0 Å². The van der Waals surface area contributed by atoms with Gasteiger partial charge < -0.3 is 24.2 Å². The third-order valence-electron chi connectivity index (χ3n) is 6.78. The van der Waals surface area contributed by atoms with E-state index in [1.807, 2.05) is 0 Å². The highest BCUT2D eigenvalue weighted by Crippen LogP contribution is 2.40. The second-order valence-electron chi connectivity index (χ2n) is 8.76. The molecule has 0 bridgehead atoms. The number of hydrogen-bond donors (Lipinski definition) is 1. The summed E-state index contributed by atoms with van der Waals surface area (Å²) >= 11 is 0. The number of benzene rings is 1. The number of halogens is 1. The Hall–Kier alpha value is -1.90. The van der Waals surface area contributed by atoms with Crippen LogP contribution in [0.2, 0.25) is 0 Å². The minimum atomic E-state index is -0.870. The number of likely N-dealkylation sites (tertiary alicyclic amines) is 2. The molecular weight excluding hydrogens is 379 g/mol. The van der Waals surface area contributed by atoms with E-state index in [1.54, 1.807) is 12.1 Å². The first kappa shape index (κ1) is 19.1. The molecule has 0 radical (unpaired) electrons. The molecule has 0 unspecified atom stereocenters. The molecule has 8 heteroatoms. The molecule has 1 N–H and O–H groups in total. The second-order valence-corrected chi connectivity index (χ2v) is 8.76. The van der Waals surface area contributed by atoms with Crippen molar-refractivity contribution < 1.29 is 28.5 Å². The first-order chi connectivity index (χ1) is 14.0. The largest absolute Gasteiger partial charge is 0.485 e. The van der Waals surface area contributed by atoms with Gasteiger partial charge in [0.15, 0.2) is 0 Å². The second kappa shape index (κ2) is 7.41. The Labute approximate surface area is 169 Å². The van der Waals surface area contributed by atoms with Crippen LogP contribution in [0.1, 0.15) is 30.7 Å². The molecule has 4 aliphatic rings. The molecule has 1 aromatic rings. The lowest BCUT2D eigenvalue weighted by Gasteiger charge is -2.45. The van der Waals surface area contributed by atoms with Crippen LogP contribution in [0.4, 0.5) is 9.18 Å². The molecule has 0 aromatic heterocycles. The quantitative estimate of drug-likeness (QED) is 0.828. The van der Waals surface area contributed by atoms with Crippen LogP contribution in [0, 0.1) is 5.82 Å². The summed E-state index contributed by atoms with van der Waals surface area (Å²) in [6.45, 7) is 4.66. The van der Waals surface area contributed by atoms with Crippen LogP contribution in [0.3, 0.4) is 0 Å². The molecule has 7 nitrogen and oxygen atoms in total. The van der Waals surface area contributed by atoms with E-state index in [2.05, 4.69) is 4.90 Å². The maximum Gasteiger partial charge on any atom is 0.407 e. The molecule has 4 heterocycles. The number of rotatable bonds is 4. The first-order valence-corrected chi connectivity index (χ1v) is 10.4. The Bertz CT molecular complexity index is 772. The first-order valence-electron chi connectivity index (χ1n) is 10.4. The lowest BCUT2D eigenvalue weighted by molar-refractivity contribution is -0.0982. The van der Waals surface area contributed by atoms with Gasteiger partial charge in [0.2, 0.25) is 0 Å². The summed E-state index contributed by atoms with van der Waals surface area (Å²) in [7, 11) is 0. The Morgan fingerprint density at radius 3 is 2.62 bits per heavy atom. The lowest BCUT2D eigenvalue weighted by atomic mass is 9.86. The van der Waals surface area contributed by atoms with Gasteiger partial charge >= 0.3 is 6.09 Å². The molecule has 29 heavy (non-hydrogen) atoms. The summed E-state index contributed by atoms with van der Waals surface area (Å²) < 4.78 is 31.1. The molecule has 5 rings (SSSR count). The molecule has 1 amide bonds. The predicted molar refractivity (Wildman–Crippen MR) is 102 cm³/mol. The van der Waals surface area contributed by atoms with Crippen molar-refractivity contribution in [2.24, 2.45) is 0 Å². The highest BCUT2D eigenvalue weighted by molar-refractivity contribution is 5.66. The van der Waals surface area contributed by atoms with Gasteiger partial charge in [-0.2, -0.15) is 0 Å². The molecule has 4 saturated heterocycles. The van der Waals surface area contributed by atoms with Gasteiger partial charge in [-0.05, 0) is 56.5 Å². The molecule has 158 valence electrons. The zero-order valence-electron chi connectivity index (χ0n) is 16.4. The standard InChI is InChI=1S/C21H27FN2O5/c22-15-1-2-19(29-17-10-27-11-17)18(7-15)14-3-5-23(6-4-14)16-8-21(28-9-16)12-24(13-21)20(25)26/h1-2,7,14,16-17H,3-6,8-13H2,(H,25,26)/t16-/m0/s1. The van der Waals surface area contributed by atoms with Gasteiger partial charge in [-0.3, -0.25) is 4.90 Å². The number of amides is 1.